The molecule has 2 rings (SSSR count). The molecule has 29 heavy (non-hydrogen) atoms. The lowest BCUT2D eigenvalue weighted by Gasteiger charge is -2.13. The zero-order valence-electron chi connectivity index (χ0n) is 16.0. The van der Waals surface area contributed by atoms with Gasteiger partial charge in [0, 0.05) is 16.2 Å². The summed E-state index contributed by atoms with van der Waals surface area (Å²) in [6.07, 6.45) is 0. The van der Waals surface area contributed by atoms with E-state index in [2.05, 4.69) is 26.6 Å². The number of urea groups is 1. The lowest BCUT2D eigenvalue weighted by molar-refractivity contribution is -0.123. The van der Waals surface area contributed by atoms with Crippen molar-refractivity contribution in [2.45, 2.75) is 13.8 Å². The fraction of sp³-hybridized carbons (Fsp3) is 0.250. The molecule has 0 spiro atoms. The van der Waals surface area contributed by atoms with E-state index >= 15 is 0 Å². The van der Waals surface area contributed by atoms with Gasteiger partial charge in [-0.1, -0.05) is 15.9 Å². The Morgan fingerprint density at radius 3 is 2.24 bits per heavy atom. The van der Waals surface area contributed by atoms with Crippen LogP contribution in [0, 0.1) is 0 Å². The second-order valence-electron chi connectivity index (χ2n) is 5.61. The van der Waals surface area contributed by atoms with Crippen LogP contribution in [0.4, 0.5) is 10.5 Å². The van der Waals surface area contributed by atoms with Gasteiger partial charge in [-0.05, 0) is 50.2 Å². The molecular formula is C20H21BrN2O6. The average molecular weight is 465 g/mol. The van der Waals surface area contributed by atoms with Crippen molar-refractivity contribution in [3.63, 3.8) is 0 Å². The molecule has 0 radical (unpaired) electrons. The first kappa shape index (κ1) is 22.2. The Balaban J connectivity index is 1.86. The number of carbonyl (C=O) groups is 3. The second kappa shape index (κ2) is 11.1. The van der Waals surface area contributed by atoms with E-state index in [1.165, 1.54) is 0 Å². The van der Waals surface area contributed by atoms with Crippen LogP contribution in [0.5, 0.6) is 11.5 Å². The molecule has 0 aliphatic rings. The van der Waals surface area contributed by atoms with E-state index in [-0.39, 0.29) is 0 Å². The molecule has 0 fully saturated rings. The molecule has 0 saturated carbocycles. The van der Waals surface area contributed by atoms with Crippen LogP contribution >= 0.6 is 15.9 Å². The van der Waals surface area contributed by atoms with E-state index in [1.807, 2.05) is 13.8 Å². The predicted octanol–water partition coefficient (Wildman–Crippen LogP) is 3.75. The molecular weight excluding hydrogens is 444 g/mol. The summed E-state index contributed by atoms with van der Waals surface area (Å²) in [6, 6.07) is 10.6. The molecule has 2 N–H and O–H groups in total. The topological polar surface area (TPSA) is 103 Å². The standard InChI is InChI=1S/C20H21BrN2O6/c1-3-27-16-10-9-15(11-17(16)28-4-2)22-20(26)23-18(24)12-29-19(25)13-5-7-14(21)8-6-13/h5-11H,3-4,12H2,1-2H3,(H2,22,23,24,26). The number of esters is 1. The van der Waals surface area contributed by atoms with Crippen LogP contribution in [0.1, 0.15) is 24.2 Å². The van der Waals surface area contributed by atoms with E-state index in [0.717, 1.165) is 4.47 Å². The van der Waals surface area contributed by atoms with Crippen LogP contribution in [-0.4, -0.2) is 37.7 Å². The normalized spacial score (nSPS) is 10.0. The molecule has 0 aliphatic carbocycles. The van der Waals surface area contributed by atoms with Crippen LogP contribution in [-0.2, 0) is 9.53 Å². The molecule has 3 amide bonds. The van der Waals surface area contributed by atoms with Gasteiger partial charge in [0.15, 0.2) is 18.1 Å². The van der Waals surface area contributed by atoms with Gasteiger partial charge in [0.2, 0.25) is 0 Å². The molecule has 2 aromatic carbocycles. The quantitative estimate of drug-likeness (QED) is 0.576. The molecule has 0 bridgehead atoms. The Morgan fingerprint density at radius 2 is 1.59 bits per heavy atom. The number of benzene rings is 2. The summed E-state index contributed by atoms with van der Waals surface area (Å²) in [5.74, 6) is -0.400. The van der Waals surface area contributed by atoms with Gasteiger partial charge in [0.1, 0.15) is 0 Å². The number of rotatable bonds is 8. The minimum Gasteiger partial charge on any atom is -0.490 e. The third kappa shape index (κ3) is 7.11. The molecule has 9 heteroatoms. The van der Waals surface area contributed by atoms with Gasteiger partial charge in [-0.2, -0.15) is 0 Å². The first-order chi connectivity index (χ1) is 13.9. The minimum absolute atomic E-state index is 0.295. The highest BCUT2D eigenvalue weighted by molar-refractivity contribution is 9.10. The van der Waals surface area contributed by atoms with Crippen molar-refractivity contribution in [2.75, 3.05) is 25.1 Å². The van der Waals surface area contributed by atoms with Gasteiger partial charge in [-0.15, -0.1) is 0 Å². The number of halogens is 1. The Kier molecular flexibility index (Phi) is 8.47. The van der Waals surface area contributed by atoms with Crippen LogP contribution in [0.25, 0.3) is 0 Å². The molecule has 0 atom stereocenters. The predicted molar refractivity (Wildman–Crippen MR) is 110 cm³/mol. The van der Waals surface area contributed by atoms with Gasteiger partial charge in [-0.3, -0.25) is 10.1 Å². The van der Waals surface area contributed by atoms with Crippen molar-refractivity contribution >= 4 is 39.5 Å². The van der Waals surface area contributed by atoms with E-state index in [1.54, 1.807) is 42.5 Å². The van der Waals surface area contributed by atoms with Gasteiger partial charge in [0.25, 0.3) is 5.91 Å². The third-order valence-corrected chi connectivity index (χ3v) is 4.00. The summed E-state index contributed by atoms with van der Waals surface area (Å²) in [5.41, 5.74) is 0.706. The summed E-state index contributed by atoms with van der Waals surface area (Å²) in [4.78, 5) is 35.7. The average Bonchev–Trinajstić information content (AvgIpc) is 2.69. The monoisotopic (exact) mass is 464 g/mol. The highest BCUT2D eigenvalue weighted by Gasteiger charge is 2.14. The number of hydrogen-bond donors (Lipinski definition) is 2. The fourth-order valence-electron chi connectivity index (χ4n) is 2.25. The fourth-order valence-corrected chi connectivity index (χ4v) is 2.52. The smallest absolute Gasteiger partial charge is 0.338 e. The van der Waals surface area contributed by atoms with Crippen molar-refractivity contribution in [1.82, 2.24) is 5.32 Å². The molecule has 0 saturated heterocycles. The maximum absolute atomic E-state index is 12.0. The van der Waals surface area contributed by atoms with Crippen LogP contribution in [0.2, 0.25) is 0 Å². The van der Waals surface area contributed by atoms with E-state index in [4.69, 9.17) is 14.2 Å². The number of imide groups is 1. The van der Waals surface area contributed by atoms with Gasteiger partial charge in [-0.25, -0.2) is 9.59 Å². The Hall–Kier alpha value is -3.07. The highest BCUT2D eigenvalue weighted by atomic mass is 79.9. The minimum atomic E-state index is -0.763. The van der Waals surface area contributed by atoms with Crippen molar-refractivity contribution in [1.29, 1.82) is 0 Å². The lowest BCUT2D eigenvalue weighted by atomic mass is 10.2. The summed E-state index contributed by atoms with van der Waals surface area (Å²) in [7, 11) is 0. The second-order valence-corrected chi connectivity index (χ2v) is 6.53. The van der Waals surface area contributed by atoms with Gasteiger partial charge < -0.3 is 19.5 Å². The number of amides is 3. The van der Waals surface area contributed by atoms with Crippen molar-refractivity contribution in [3.8, 4) is 11.5 Å². The largest absolute Gasteiger partial charge is 0.490 e. The number of hydrogen-bond acceptors (Lipinski definition) is 6. The summed E-state index contributed by atoms with van der Waals surface area (Å²) < 4.78 is 16.6. The van der Waals surface area contributed by atoms with Crippen molar-refractivity contribution in [2.24, 2.45) is 0 Å². The summed E-state index contributed by atoms with van der Waals surface area (Å²) in [5, 5.41) is 4.60. The molecule has 154 valence electrons. The maximum atomic E-state index is 12.0. The van der Waals surface area contributed by atoms with E-state index < -0.39 is 24.5 Å². The first-order valence-electron chi connectivity index (χ1n) is 8.86. The zero-order valence-corrected chi connectivity index (χ0v) is 17.6. The number of anilines is 1. The third-order valence-electron chi connectivity index (χ3n) is 3.47. The van der Waals surface area contributed by atoms with Gasteiger partial charge in [0.05, 0.1) is 18.8 Å². The van der Waals surface area contributed by atoms with Crippen LogP contribution < -0.4 is 20.1 Å². The Labute approximate surface area is 176 Å². The molecule has 0 unspecified atom stereocenters. The van der Waals surface area contributed by atoms with E-state index in [0.29, 0.717) is 36.0 Å². The SMILES string of the molecule is CCOc1ccc(NC(=O)NC(=O)COC(=O)c2ccc(Br)cc2)cc1OCC. The number of ether oxygens (including phenoxy) is 3. The summed E-state index contributed by atoms with van der Waals surface area (Å²) in [6.45, 7) is 4.00. The molecule has 0 aliphatic heterocycles. The number of carbonyl (C=O) groups excluding carboxylic acids is 3. The van der Waals surface area contributed by atoms with Gasteiger partial charge >= 0.3 is 12.0 Å². The molecule has 8 nitrogen and oxygen atoms in total. The lowest BCUT2D eigenvalue weighted by Crippen LogP contribution is -2.37. The van der Waals surface area contributed by atoms with E-state index in [9.17, 15) is 14.4 Å². The zero-order chi connectivity index (χ0) is 21.2. The van der Waals surface area contributed by atoms with Crippen LogP contribution in [0.15, 0.2) is 46.9 Å². The Morgan fingerprint density at radius 1 is 0.931 bits per heavy atom. The molecule has 0 heterocycles. The molecule has 0 aromatic heterocycles. The summed E-state index contributed by atoms with van der Waals surface area (Å²) >= 11 is 3.26. The maximum Gasteiger partial charge on any atom is 0.338 e. The highest BCUT2D eigenvalue weighted by Crippen LogP contribution is 2.30. The molecule has 2 aromatic rings. The Bertz CT molecular complexity index is 870. The van der Waals surface area contributed by atoms with Crippen LogP contribution in [0.3, 0.4) is 0 Å². The van der Waals surface area contributed by atoms with Crippen molar-refractivity contribution in [3.05, 3.63) is 52.5 Å². The number of nitrogens with one attached hydrogen (secondary N) is 2. The van der Waals surface area contributed by atoms with Crippen molar-refractivity contribution < 1.29 is 28.6 Å². The first-order valence-corrected chi connectivity index (χ1v) is 9.65.